The minimum Gasteiger partial charge on any atom is -0.337 e. The minimum atomic E-state index is 0.00440. The van der Waals surface area contributed by atoms with E-state index in [-0.39, 0.29) is 5.91 Å². The molecule has 0 bridgehead atoms. The predicted octanol–water partition coefficient (Wildman–Crippen LogP) is 3.77. The van der Waals surface area contributed by atoms with Crippen molar-refractivity contribution in [2.24, 2.45) is 0 Å². The van der Waals surface area contributed by atoms with Crippen LogP contribution in [0.1, 0.15) is 46.6 Å². The lowest BCUT2D eigenvalue weighted by atomic mass is 10.1. The molecule has 1 amide bonds. The fourth-order valence-corrected chi connectivity index (χ4v) is 3.12. The van der Waals surface area contributed by atoms with Gasteiger partial charge in [0.15, 0.2) is 0 Å². The lowest BCUT2D eigenvalue weighted by Gasteiger charge is -2.26. The highest BCUT2D eigenvalue weighted by atomic mass is 16.2. The van der Waals surface area contributed by atoms with Gasteiger partial charge in [-0.15, -0.1) is 0 Å². The summed E-state index contributed by atoms with van der Waals surface area (Å²) >= 11 is 0. The van der Waals surface area contributed by atoms with Crippen LogP contribution in [0.5, 0.6) is 0 Å². The molecule has 1 aromatic heterocycles. The van der Waals surface area contributed by atoms with E-state index in [1.165, 1.54) is 6.42 Å². The summed E-state index contributed by atoms with van der Waals surface area (Å²) in [5, 5.41) is 3.29. The lowest BCUT2D eigenvalue weighted by molar-refractivity contribution is 0.0718. The van der Waals surface area contributed by atoms with Crippen LogP contribution in [0.25, 0.3) is 0 Å². The highest BCUT2D eigenvalue weighted by Gasteiger charge is 2.20. The zero-order valence-electron chi connectivity index (χ0n) is 14.6. The summed E-state index contributed by atoms with van der Waals surface area (Å²) in [7, 11) is 0. The number of amides is 1. The zero-order valence-corrected chi connectivity index (χ0v) is 14.6. The van der Waals surface area contributed by atoms with Crippen LogP contribution < -0.4 is 5.32 Å². The second kappa shape index (κ2) is 6.99. The van der Waals surface area contributed by atoms with Crippen LogP contribution in [-0.2, 0) is 0 Å². The molecular weight excluding hydrogens is 300 g/mol. The molecule has 0 saturated carbocycles. The molecule has 0 aliphatic carbocycles. The molecule has 1 fully saturated rings. The number of aromatic nitrogens is 2. The zero-order chi connectivity index (χ0) is 17.1. The molecule has 24 heavy (non-hydrogen) atoms. The molecule has 3 rings (SSSR count). The van der Waals surface area contributed by atoms with Gasteiger partial charge in [-0.05, 0) is 57.2 Å². The number of carbonyl (C=O) groups is 1. The SMILES string of the molecule is Cc1cc(C(=O)N2CCCCC2)nc(Nc2c(C)cccc2C)n1. The third-order valence-electron chi connectivity index (χ3n) is 4.43. The number of hydrogen-bond donors (Lipinski definition) is 1. The Kier molecular flexibility index (Phi) is 4.79. The number of piperidine rings is 1. The van der Waals surface area contributed by atoms with Crippen LogP contribution in [0.4, 0.5) is 11.6 Å². The van der Waals surface area contributed by atoms with Gasteiger partial charge >= 0.3 is 0 Å². The number of hydrogen-bond acceptors (Lipinski definition) is 4. The number of carbonyl (C=O) groups excluding carboxylic acids is 1. The third-order valence-corrected chi connectivity index (χ3v) is 4.43. The van der Waals surface area contributed by atoms with Crippen molar-refractivity contribution in [1.29, 1.82) is 0 Å². The van der Waals surface area contributed by atoms with Crippen molar-refractivity contribution in [3.63, 3.8) is 0 Å². The maximum atomic E-state index is 12.7. The van der Waals surface area contributed by atoms with Crippen molar-refractivity contribution in [1.82, 2.24) is 14.9 Å². The van der Waals surface area contributed by atoms with Crippen LogP contribution in [0.3, 0.4) is 0 Å². The highest BCUT2D eigenvalue weighted by Crippen LogP contribution is 2.23. The highest BCUT2D eigenvalue weighted by molar-refractivity contribution is 5.92. The van der Waals surface area contributed by atoms with Crippen molar-refractivity contribution >= 4 is 17.5 Å². The molecular formula is C19H24N4O. The monoisotopic (exact) mass is 324 g/mol. The normalized spacial score (nSPS) is 14.5. The van der Waals surface area contributed by atoms with Crippen molar-refractivity contribution in [2.75, 3.05) is 18.4 Å². The summed E-state index contributed by atoms with van der Waals surface area (Å²) in [6.07, 6.45) is 3.35. The van der Waals surface area contributed by atoms with Gasteiger partial charge in [0.2, 0.25) is 5.95 Å². The maximum Gasteiger partial charge on any atom is 0.272 e. The molecule has 1 aliphatic rings. The summed E-state index contributed by atoms with van der Waals surface area (Å²) in [5.41, 5.74) is 4.52. The van der Waals surface area contributed by atoms with Gasteiger partial charge in [-0.1, -0.05) is 18.2 Å². The molecule has 5 nitrogen and oxygen atoms in total. The topological polar surface area (TPSA) is 58.1 Å². The van der Waals surface area contributed by atoms with Crippen LogP contribution in [0, 0.1) is 20.8 Å². The standard InChI is InChI=1S/C19H24N4O/c1-13-8-7-9-14(2)17(13)22-19-20-15(3)12-16(21-19)18(24)23-10-5-4-6-11-23/h7-9,12H,4-6,10-11H2,1-3H3,(H,20,21,22). The first kappa shape index (κ1) is 16.4. The van der Waals surface area contributed by atoms with Gasteiger partial charge < -0.3 is 10.2 Å². The Morgan fingerprint density at radius 1 is 1.04 bits per heavy atom. The Morgan fingerprint density at radius 2 is 1.71 bits per heavy atom. The van der Waals surface area contributed by atoms with Gasteiger partial charge in [-0.25, -0.2) is 9.97 Å². The number of aryl methyl sites for hydroxylation is 3. The average molecular weight is 324 g/mol. The number of nitrogens with one attached hydrogen (secondary N) is 1. The van der Waals surface area contributed by atoms with Crippen molar-refractivity contribution < 1.29 is 4.79 Å². The van der Waals surface area contributed by atoms with E-state index >= 15 is 0 Å². The smallest absolute Gasteiger partial charge is 0.272 e. The molecule has 0 unspecified atom stereocenters. The fraction of sp³-hybridized carbons (Fsp3) is 0.421. The molecule has 0 spiro atoms. The minimum absolute atomic E-state index is 0.00440. The van der Waals surface area contributed by atoms with Crippen LogP contribution >= 0.6 is 0 Å². The van der Waals surface area contributed by atoms with Crippen LogP contribution in [0.15, 0.2) is 24.3 Å². The Labute approximate surface area is 143 Å². The number of nitrogens with zero attached hydrogens (tertiary/aromatic N) is 3. The third kappa shape index (κ3) is 3.55. The summed E-state index contributed by atoms with van der Waals surface area (Å²) in [4.78, 5) is 23.5. The summed E-state index contributed by atoms with van der Waals surface area (Å²) in [6, 6.07) is 7.89. The van der Waals surface area contributed by atoms with Gasteiger partial charge in [-0.2, -0.15) is 0 Å². The quantitative estimate of drug-likeness (QED) is 0.933. The van der Waals surface area contributed by atoms with E-state index in [1.54, 1.807) is 6.07 Å². The van der Waals surface area contributed by atoms with Gasteiger partial charge in [0, 0.05) is 24.5 Å². The number of likely N-dealkylation sites (tertiary alicyclic amines) is 1. The Morgan fingerprint density at radius 3 is 2.38 bits per heavy atom. The molecule has 2 aromatic rings. The summed E-state index contributed by atoms with van der Waals surface area (Å²) < 4.78 is 0. The molecule has 1 aliphatic heterocycles. The first-order valence-electron chi connectivity index (χ1n) is 8.53. The number of rotatable bonds is 3. The second-order valence-electron chi connectivity index (χ2n) is 6.46. The Balaban J connectivity index is 1.87. The number of anilines is 2. The Bertz CT molecular complexity index is 731. The Hall–Kier alpha value is -2.43. The molecule has 126 valence electrons. The maximum absolute atomic E-state index is 12.7. The van der Waals surface area contributed by atoms with E-state index in [0.717, 1.165) is 48.4 Å². The summed E-state index contributed by atoms with van der Waals surface area (Å²) in [6.45, 7) is 7.63. The van der Waals surface area contributed by atoms with Crippen LogP contribution in [-0.4, -0.2) is 33.9 Å². The molecule has 5 heteroatoms. The molecule has 0 radical (unpaired) electrons. The van der Waals surface area contributed by atoms with Crippen molar-refractivity contribution in [3.05, 3.63) is 46.8 Å². The first-order valence-corrected chi connectivity index (χ1v) is 8.53. The van der Waals surface area contributed by atoms with E-state index in [2.05, 4.69) is 15.3 Å². The number of para-hydroxylation sites is 1. The van der Waals surface area contributed by atoms with E-state index in [1.807, 2.05) is 43.9 Å². The predicted molar refractivity (Wildman–Crippen MR) is 95.7 cm³/mol. The molecule has 1 saturated heterocycles. The molecule has 1 aromatic carbocycles. The molecule has 2 heterocycles. The number of benzene rings is 1. The van der Waals surface area contributed by atoms with E-state index in [4.69, 9.17) is 0 Å². The summed E-state index contributed by atoms with van der Waals surface area (Å²) in [5.74, 6) is 0.484. The first-order chi connectivity index (χ1) is 11.5. The van der Waals surface area contributed by atoms with Gasteiger partial charge in [-0.3, -0.25) is 4.79 Å². The average Bonchev–Trinajstić information content (AvgIpc) is 2.58. The van der Waals surface area contributed by atoms with Gasteiger partial charge in [0.05, 0.1) is 0 Å². The second-order valence-corrected chi connectivity index (χ2v) is 6.46. The fourth-order valence-electron chi connectivity index (χ4n) is 3.12. The van der Waals surface area contributed by atoms with Gasteiger partial charge in [0.1, 0.15) is 5.69 Å². The van der Waals surface area contributed by atoms with E-state index in [0.29, 0.717) is 11.6 Å². The molecule has 0 atom stereocenters. The van der Waals surface area contributed by atoms with E-state index < -0.39 is 0 Å². The van der Waals surface area contributed by atoms with Crippen molar-refractivity contribution in [3.8, 4) is 0 Å². The van der Waals surface area contributed by atoms with Crippen molar-refractivity contribution in [2.45, 2.75) is 40.0 Å². The lowest BCUT2D eigenvalue weighted by Crippen LogP contribution is -2.36. The van der Waals surface area contributed by atoms with E-state index in [9.17, 15) is 4.79 Å². The largest absolute Gasteiger partial charge is 0.337 e. The molecule has 1 N–H and O–H groups in total. The van der Waals surface area contributed by atoms with Crippen LogP contribution in [0.2, 0.25) is 0 Å². The van der Waals surface area contributed by atoms with Gasteiger partial charge in [0.25, 0.3) is 5.91 Å².